The number of nitrogens with two attached hydrogens (primary N) is 1. The Morgan fingerprint density at radius 2 is 1.81 bits per heavy atom. The molecule has 2 fully saturated rings. The Balaban J connectivity index is 1.69. The molecule has 0 spiro atoms. The summed E-state index contributed by atoms with van der Waals surface area (Å²) in [6.45, 7) is 0.988. The topological polar surface area (TPSA) is 113 Å². The van der Waals surface area contributed by atoms with Gasteiger partial charge in [-0.2, -0.15) is 0 Å². The standard InChI is InChI=1S/C18H19FN4O4/c19-12-6-10-11(7-14(12)22-5-1-2-9(22)8-20)18(27)23(17(10)26)13-3-4-15(24)21-16(13)25/h6-7,9,13H,1-5,8,20H2,(H,21,24,25). The normalized spacial score (nSPS) is 25.3. The summed E-state index contributed by atoms with van der Waals surface area (Å²) in [7, 11) is 0. The third kappa shape index (κ3) is 2.69. The van der Waals surface area contributed by atoms with Crippen molar-refractivity contribution in [1.29, 1.82) is 0 Å². The van der Waals surface area contributed by atoms with Gasteiger partial charge in [0.25, 0.3) is 11.8 Å². The SMILES string of the molecule is NCC1CCCN1c1cc2c(cc1F)C(=O)N(C1CCC(=O)NC1=O)C2=O. The molecule has 3 N–H and O–H groups in total. The van der Waals surface area contributed by atoms with Crippen LogP contribution in [-0.2, 0) is 9.59 Å². The molecule has 142 valence electrons. The van der Waals surface area contributed by atoms with Crippen LogP contribution in [0.3, 0.4) is 0 Å². The van der Waals surface area contributed by atoms with E-state index in [0.29, 0.717) is 13.1 Å². The van der Waals surface area contributed by atoms with Gasteiger partial charge in [0.2, 0.25) is 11.8 Å². The van der Waals surface area contributed by atoms with Crippen LogP contribution < -0.4 is 16.0 Å². The Bertz CT molecular complexity index is 871. The summed E-state index contributed by atoms with van der Waals surface area (Å²) >= 11 is 0. The largest absolute Gasteiger partial charge is 0.365 e. The smallest absolute Gasteiger partial charge is 0.262 e. The fraction of sp³-hybridized carbons (Fsp3) is 0.444. The Labute approximate surface area is 154 Å². The molecular weight excluding hydrogens is 355 g/mol. The van der Waals surface area contributed by atoms with E-state index in [9.17, 15) is 23.6 Å². The van der Waals surface area contributed by atoms with Gasteiger partial charge in [-0.3, -0.25) is 29.4 Å². The molecule has 2 unspecified atom stereocenters. The highest BCUT2D eigenvalue weighted by molar-refractivity contribution is 6.23. The van der Waals surface area contributed by atoms with E-state index in [1.54, 1.807) is 0 Å². The molecule has 0 radical (unpaired) electrons. The van der Waals surface area contributed by atoms with E-state index in [-0.39, 0.29) is 35.7 Å². The van der Waals surface area contributed by atoms with Crippen LogP contribution in [0.15, 0.2) is 12.1 Å². The molecule has 3 aliphatic heterocycles. The zero-order valence-electron chi connectivity index (χ0n) is 14.5. The molecule has 27 heavy (non-hydrogen) atoms. The van der Waals surface area contributed by atoms with Crippen molar-refractivity contribution in [3.8, 4) is 0 Å². The molecule has 4 amide bonds. The number of piperidine rings is 1. The molecular formula is C18H19FN4O4. The summed E-state index contributed by atoms with van der Waals surface area (Å²) in [5.41, 5.74) is 6.01. The maximum absolute atomic E-state index is 14.7. The van der Waals surface area contributed by atoms with E-state index in [0.717, 1.165) is 23.8 Å². The minimum absolute atomic E-state index is 0.0176. The summed E-state index contributed by atoms with van der Waals surface area (Å²) in [5, 5.41) is 2.13. The van der Waals surface area contributed by atoms with Crippen LogP contribution in [0.4, 0.5) is 10.1 Å². The zero-order valence-corrected chi connectivity index (χ0v) is 14.5. The van der Waals surface area contributed by atoms with Gasteiger partial charge in [0, 0.05) is 25.6 Å². The number of carbonyl (C=O) groups excluding carboxylic acids is 4. The second-order valence-corrected chi connectivity index (χ2v) is 7.02. The van der Waals surface area contributed by atoms with Crippen LogP contribution in [-0.4, -0.2) is 53.7 Å². The molecule has 3 aliphatic rings. The predicted molar refractivity (Wildman–Crippen MR) is 92.5 cm³/mol. The molecule has 2 saturated heterocycles. The monoisotopic (exact) mass is 374 g/mol. The second-order valence-electron chi connectivity index (χ2n) is 7.02. The van der Waals surface area contributed by atoms with Crippen molar-refractivity contribution >= 4 is 29.3 Å². The van der Waals surface area contributed by atoms with Crippen molar-refractivity contribution in [3.05, 3.63) is 29.1 Å². The van der Waals surface area contributed by atoms with Crippen LogP contribution in [0.5, 0.6) is 0 Å². The third-order valence-electron chi connectivity index (χ3n) is 5.47. The fourth-order valence-electron chi connectivity index (χ4n) is 4.10. The van der Waals surface area contributed by atoms with Crippen molar-refractivity contribution in [3.63, 3.8) is 0 Å². The summed E-state index contributed by atoms with van der Waals surface area (Å²) in [6.07, 6.45) is 1.80. The molecule has 3 heterocycles. The Morgan fingerprint density at radius 3 is 2.48 bits per heavy atom. The van der Waals surface area contributed by atoms with Crippen molar-refractivity contribution in [2.75, 3.05) is 18.0 Å². The van der Waals surface area contributed by atoms with E-state index < -0.39 is 35.5 Å². The van der Waals surface area contributed by atoms with Crippen LogP contribution in [0, 0.1) is 5.82 Å². The van der Waals surface area contributed by atoms with Gasteiger partial charge in [-0.15, -0.1) is 0 Å². The fourth-order valence-corrected chi connectivity index (χ4v) is 4.10. The number of nitrogens with one attached hydrogen (secondary N) is 1. The number of hydrogen-bond donors (Lipinski definition) is 2. The minimum atomic E-state index is -1.06. The number of anilines is 1. The lowest BCUT2D eigenvalue weighted by molar-refractivity contribution is -0.136. The number of hydrogen-bond acceptors (Lipinski definition) is 6. The molecule has 0 saturated carbocycles. The third-order valence-corrected chi connectivity index (χ3v) is 5.47. The summed E-state index contributed by atoms with van der Waals surface area (Å²) in [5.74, 6) is -3.09. The first-order valence-corrected chi connectivity index (χ1v) is 8.94. The molecule has 0 bridgehead atoms. The number of halogens is 1. The van der Waals surface area contributed by atoms with E-state index in [1.807, 2.05) is 4.90 Å². The van der Waals surface area contributed by atoms with Gasteiger partial charge >= 0.3 is 0 Å². The average molecular weight is 374 g/mol. The first-order chi connectivity index (χ1) is 12.9. The molecule has 1 aromatic carbocycles. The Morgan fingerprint density at radius 1 is 1.11 bits per heavy atom. The Hall–Kier alpha value is -2.81. The Kier molecular flexibility index (Phi) is 4.18. The van der Waals surface area contributed by atoms with Crippen molar-refractivity contribution in [1.82, 2.24) is 10.2 Å². The molecule has 8 nitrogen and oxygen atoms in total. The lowest BCUT2D eigenvalue weighted by Crippen LogP contribution is -2.54. The molecule has 4 rings (SSSR count). The maximum atomic E-state index is 14.7. The van der Waals surface area contributed by atoms with Crippen molar-refractivity contribution < 1.29 is 23.6 Å². The van der Waals surface area contributed by atoms with E-state index >= 15 is 0 Å². The summed E-state index contributed by atoms with van der Waals surface area (Å²) in [6, 6.07) is 1.36. The molecule has 1 aromatic rings. The first-order valence-electron chi connectivity index (χ1n) is 8.94. The van der Waals surface area contributed by atoms with Gasteiger partial charge in [-0.25, -0.2) is 4.39 Å². The highest BCUT2D eigenvalue weighted by atomic mass is 19.1. The van der Waals surface area contributed by atoms with Gasteiger partial charge in [0.05, 0.1) is 16.8 Å². The maximum Gasteiger partial charge on any atom is 0.262 e. The number of imide groups is 2. The van der Waals surface area contributed by atoms with Crippen LogP contribution in [0.25, 0.3) is 0 Å². The van der Waals surface area contributed by atoms with E-state index in [2.05, 4.69) is 5.32 Å². The van der Waals surface area contributed by atoms with Crippen molar-refractivity contribution in [2.24, 2.45) is 5.73 Å². The van der Waals surface area contributed by atoms with E-state index in [1.165, 1.54) is 6.07 Å². The summed E-state index contributed by atoms with van der Waals surface area (Å²) < 4.78 is 14.7. The number of nitrogens with zero attached hydrogens (tertiary/aromatic N) is 2. The molecule has 0 aromatic heterocycles. The van der Waals surface area contributed by atoms with Gasteiger partial charge in [0.15, 0.2) is 0 Å². The first kappa shape index (κ1) is 17.6. The van der Waals surface area contributed by atoms with E-state index in [4.69, 9.17) is 5.73 Å². The molecule has 0 aliphatic carbocycles. The second kappa shape index (κ2) is 6.41. The van der Waals surface area contributed by atoms with Crippen LogP contribution in [0.1, 0.15) is 46.4 Å². The molecule has 2 atom stereocenters. The number of carbonyl (C=O) groups is 4. The number of amides is 4. The summed E-state index contributed by atoms with van der Waals surface area (Å²) in [4.78, 5) is 51.6. The van der Waals surface area contributed by atoms with Gasteiger partial charge < -0.3 is 10.6 Å². The van der Waals surface area contributed by atoms with Gasteiger partial charge in [0.1, 0.15) is 11.9 Å². The highest BCUT2D eigenvalue weighted by Crippen LogP contribution is 2.35. The number of fused-ring (bicyclic) bond motifs is 1. The molecule has 9 heteroatoms. The lowest BCUT2D eigenvalue weighted by atomic mass is 10.0. The number of rotatable bonds is 3. The lowest BCUT2D eigenvalue weighted by Gasteiger charge is -2.27. The van der Waals surface area contributed by atoms with Crippen LogP contribution in [0.2, 0.25) is 0 Å². The predicted octanol–water partition coefficient (Wildman–Crippen LogP) is 0.154. The van der Waals surface area contributed by atoms with Gasteiger partial charge in [-0.1, -0.05) is 0 Å². The van der Waals surface area contributed by atoms with Crippen LogP contribution >= 0.6 is 0 Å². The quantitative estimate of drug-likeness (QED) is 0.729. The minimum Gasteiger partial charge on any atom is -0.365 e. The number of benzene rings is 1. The van der Waals surface area contributed by atoms with Crippen molar-refractivity contribution in [2.45, 2.75) is 37.8 Å². The average Bonchev–Trinajstić information content (AvgIpc) is 3.19. The highest BCUT2D eigenvalue weighted by Gasteiger charge is 2.45. The zero-order chi connectivity index (χ0) is 19.3. The van der Waals surface area contributed by atoms with Gasteiger partial charge in [-0.05, 0) is 31.4 Å².